The van der Waals surface area contributed by atoms with Crippen molar-refractivity contribution in [1.29, 1.82) is 0 Å². The van der Waals surface area contributed by atoms with Crippen LogP contribution in [0.5, 0.6) is 0 Å². The van der Waals surface area contributed by atoms with Gasteiger partial charge in [0.25, 0.3) is 0 Å². The number of rotatable bonds is 54. The zero-order valence-electron chi connectivity index (χ0n) is 42.8. The summed E-state index contributed by atoms with van der Waals surface area (Å²) in [5, 5.41) is 0. The molecule has 0 saturated carbocycles. The van der Waals surface area contributed by atoms with E-state index in [-0.39, 0.29) is 5.41 Å². The second-order valence-corrected chi connectivity index (χ2v) is 20.7. The fourth-order valence-electron chi connectivity index (χ4n) is 10.5. The highest BCUT2D eigenvalue weighted by Crippen LogP contribution is 2.43. The van der Waals surface area contributed by atoms with E-state index in [1.165, 1.54) is 334 Å². The minimum absolute atomic E-state index is 0.0630. The lowest BCUT2D eigenvalue weighted by Gasteiger charge is -2.37. The van der Waals surface area contributed by atoms with Crippen LogP contribution in [0, 0.1) is 11.3 Å². The van der Waals surface area contributed by atoms with Crippen LogP contribution in [0.1, 0.15) is 362 Å². The van der Waals surface area contributed by atoms with Crippen molar-refractivity contribution >= 4 is 6.29 Å². The van der Waals surface area contributed by atoms with E-state index in [0.29, 0.717) is 5.92 Å². The average Bonchev–Trinajstić information content (AvgIpc) is 3.26. The minimum atomic E-state index is -0.0630. The van der Waals surface area contributed by atoms with Crippen molar-refractivity contribution in [3.05, 3.63) is 0 Å². The molecule has 0 aliphatic heterocycles. The van der Waals surface area contributed by atoms with E-state index in [2.05, 4.69) is 27.7 Å². The van der Waals surface area contributed by atoms with Gasteiger partial charge in [0.15, 0.2) is 0 Å². The molecular weight excluding hydrogens is 725 g/mol. The Balaban J connectivity index is 5.16. The summed E-state index contributed by atoms with van der Waals surface area (Å²) in [6.45, 7) is 9.28. The summed E-state index contributed by atoms with van der Waals surface area (Å²) in [6.07, 6.45) is 74.2. The van der Waals surface area contributed by atoms with Gasteiger partial charge in [-0.1, -0.05) is 336 Å². The fourth-order valence-corrected chi connectivity index (χ4v) is 10.5. The third-order valence-corrected chi connectivity index (χ3v) is 14.9. The Hall–Kier alpha value is -0.330. The molecule has 0 heterocycles. The van der Waals surface area contributed by atoms with Crippen molar-refractivity contribution in [3.63, 3.8) is 0 Å². The van der Waals surface area contributed by atoms with Gasteiger partial charge in [0.05, 0.1) is 0 Å². The third kappa shape index (κ3) is 41.7. The number of unbranched alkanes of at least 4 members (excludes halogenated alkanes) is 44. The molecule has 0 radical (unpaired) electrons. The van der Waals surface area contributed by atoms with Gasteiger partial charge >= 0.3 is 0 Å². The smallest absolute Gasteiger partial charge is 0.126 e. The van der Waals surface area contributed by atoms with Gasteiger partial charge in [-0.05, 0) is 31.6 Å². The first-order valence-electron chi connectivity index (χ1n) is 29.2. The van der Waals surface area contributed by atoms with Crippen LogP contribution in [0.2, 0.25) is 0 Å². The lowest BCUT2D eigenvalue weighted by Crippen LogP contribution is -2.33. The van der Waals surface area contributed by atoms with Crippen LogP contribution >= 0.6 is 0 Å². The fraction of sp³-hybridized carbons (Fsp3) is 0.983. The number of aldehydes is 1. The molecule has 0 N–H and O–H groups in total. The Morgan fingerprint density at radius 3 is 0.600 bits per heavy atom. The Kier molecular flexibility index (Phi) is 51.0. The molecule has 0 fully saturated rings. The molecule has 0 aliphatic carbocycles. The number of carbonyl (C=O) groups excluding carboxylic acids is 1. The predicted octanol–water partition coefficient (Wildman–Crippen LogP) is 22.2. The normalized spacial score (nSPS) is 12.0. The molecule has 0 aromatic carbocycles. The number of carbonyl (C=O) groups is 1. The SMILES string of the molecule is CCCCCCCCCCCCCCC(CCCCCCCCCCCCCC)C(C=O)(CCCCCCCCCCCCCC)CCCCCCCCCCCCCC. The summed E-state index contributed by atoms with van der Waals surface area (Å²) in [5.74, 6) is 0.613. The molecule has 0 aromatic rings. The second-order valence-electron chi connectivity index (χ2n) is 20.7. The second kappa shape index (κ2) is 51.3. The third-order valence-electron chi connectivity index (χ3n) is 14.9. The van der Waals surface area contributed by atoms with Crippen LogP contribution < -0.4 is 0 Å². The standard InChI is InChI=1S/C59H118O/c1-5-9-13-17-21-25-29-33-37-41-45-49-53-58(54-50-46-42-38-34-30-26-22-18-14-10-6-2)59(57-60,55-51-47-43-39-35-31-27-23-19-15-11-7-3)56-52-48-44-40-36-32-28-24-20-16-12-8-4/h57-58H,5-56H2,1-4H3. The lowest BCUT2D eigenvalue weighted by atomic mass is 9.66. The quantitative estimate of drug-likeness (QED) is 0.0440. The minimum Gasteiger partial charge on any atom is -0.303 e. The summed E-state index contributed by atoms with van der Waals surface area (Å²) in [6, 6.07) is 0. The molecule has 0 unspecified atom stereocenters. The van der Waals surface area contributed by atoms with E-state index < -0.39 is 0 Å². The molecule has 0 spiro atoms. The van der Waals surface area contributed by atoms with Crippen molar-refractivity contribution in [1.82, 2.24) is 0 Å². The maximum Gasteiger partial charge on any atom is 0.126 e. The highest BCUT2D eigenvalue weighted by atomic mass is 16.1. The first-order chi connectivity index (χ1) is 29.7. The van der Waals surface area contributed by atoms with Gasteiger partial charge in [-0.3, -0.25) is 0 Å². The van der Waals surface area contributed by atoms with Crippen LogP contribution in [0.3, 0.4) is 0 Å². The predicted molar refractivity (Wildman–Crippen MR) is 275 cm³/mol. The zero-order valence-corrected chi connectivity index (χ0v) is 42.8. The first-order valence-corrected chi connectivity index (χ1v) is 29.2. The molecule has 0 atom stereocenters. The summed E-state index contributed by atoms with van der Waals surface area (Å²) < 4.78 is 0. The Morgan fingerprint density at radius 1 is 0.250 bits per heavy atom. The van der Waals surface area contributed by atoms with Crippen molar-refractivity contribution in [2.24, 2.45) is 11.3 Å². The summed E-state index contributed by atoms with van der Waals surface area (Å²) in [5.41, 5.74) is -0.0630. The van der Waals surface area contributed by atoms with Crippen LogP contribution in [0.15, 0.2) is 0 Å². The van der Waals surface area contributed by atoms with Gasteiger partial charge in [-0.25, -0.2) is 0 Å². The molecule has 1 nitrogen and oxygen atoms in total. The molecule has 0 aromatic heterocycles. The van der Waals surface area contributed by atoms with Crippen LogP contribution in [0.4, 0.5) is 0 Å². The van der Waals surface area contributed by atoms with Gasteiger partial charge in [0.2, 0.25) is 0 Å². The van der Waals surface area contributed by atoms with Gasteiger partial charge in [-0.2, -0.15) is 0 Å². The van der Waals surface area contributed by atoms with Crippen LogP contribution in [-0.4, -0.2) is 6.29 Å². The summed E-state index contributed by atoms with van der Waals surface area (Å²) >= 11 is 0. The molecule has 0 rings (SSSR count). The first kappa shape index (κ1) is 59.7. The van der Waals surface area contributed by atoms with Crippen molar-refractivity contribution in [2.45, 2.75) is 362 Å². The zero-order chi connectivity index (χ0) is 43.6. The highest BCUT2D eigenvalue weighted by Gasteiger charge is 2.37. The monoisotopic (exact) mass is 843 g/mol. The molecule has 1 heteroatoms. The van der Waals surface area contributed by atoms with Gasteiger partial charge in [0, 0.05) is 5.41 Å². The Morgan fingerprint density at radius 2 is 0.417 bits per heavy atom. The van der Waals surface area contributed by atoms with E-state index in [0.717, 1.165) is 0 Å². The number of hydrogen-bond donors (Lipinski definition) is 0. The largest absolute Gasteiger partial charge is 0.303 e. The van der Waals surface area contributed by atoms with Crippen LogP contribution in [-0.2, 0) is 4.79 Å². The van der Waals surface area contributed by atoms with Gasteiger partial charge in [-0.15, -0.1) is 0 Å². The molecule has 0 amide bonds. The van der Waals surface area contributed by atoms with E-state index in [1.807, 2.05) is 0 Å². The molecular formula is C59H118O. The maximum absolute atomic E-state index is 13.6. The molecule has 0 bridgehead atoms. The van der Waals surface area contributed by atoms with E-state index in [1.54, 1.807) is 6.29 Å². The van der Waals surface area contributed by atoms with Gasteiger partial charge < -0.3 is 4.79 Å². The summed E-state index contributed by atoms with van der Waals surface area (Å²) in [4.78, 5) is 13.6. The average molecular weight is 844 g/mol. The topological polar surface area (TPSA) is 17.1 Å². The summed E-state index contributed by atoms with van der Waals surface area (Å²) in [7, 11) is 0. The molecule has 360 valence electrons. The van der Waals surface area contributed by atoms with Crippen molar-refractivity contribution in [2.75, 3.05) is 0 Å². The molecule has 0 saturated heterocycles. The number of hydrogen-bond acceptors (Lipinski definition) is 1. The van der Waals surface area contributed by atoms with E-state index in [9.17, 15) is 4.79 Å². The molecule has 60 heavy (non-hydrogen) atoms. The van der Waals surface area contributed by atoms with Gasteiger partial charge in [0.1, 0.15) is 6.29 Å². The highest BCUT2D eigenvalue weighted by molar-refractivity contribution is 5.60. The van der Waals surface area contributed by atoms with Crippen molar-refractivity contribution in [3.8, 4) is 0 Å². The van der Waals surface area contributed by atoms with Crippen LogP contribution in [0.25, 0.3) is 0 Å². The lowest BCUT2D eigenvalue weighted by molar-refractivity contribution is -0.121. The molecule has 0 aliphatic rings. The van der Waals surface area contributed by atoms with E-state index in [4.69, 9.17) is 0 Å². The Labute approximate surface area is 382 Å². The maximum atomic E-state index is 13.6. The Bertz CT molecular complexity index is 715. The van der Waals surface area contributed by atoms with Crippen molar-refractivity contribution < 1.29 is 4.79 Å². The van der Waals surface area contributed by atoms with E-state index >= 15 is 0 Å².